The van der Waals surface area contributed by atoms with E-state index in [0.717, 1.165) is 11.4 Å². The second-order valence-corrected chi connectivity index (χ2v) is 6.99. The van der Waals surface area contributed by atoms with Crippen LogP contribution in [0.15, 0.2) is 48.5 Å². The third-order valence-electron chi connectivity index (χ3n) is 4.89. The molecule has 0 bridgehead atoms. The van der Waals surface area contributed by atoms with Gasteiger partial charge in [-0.1, -0.05) is 30.3 Å². The van der Waals surface area contributed by atoms with E-state index in [2.05, 4.69) is 14.8 Å². The van der Waals surface area contributed by atoms with Gasteiger partial charge in [0.05, 0.1) is 18.2 Å². The van der Waals surface area contributed by atoms with Crippen LogP contribution in [0.1, 0.15) is 29.1 Å². The molecular formula is C21H22FN5O2. The molecule has 0 aliphatic carbocycles. The Bertz CT molecular complexity index is 1020. The Morgan fingerprint density at radius 1 is 1.24 bits per heavy atom. The first-order valence-electron chi connectivity index (χ1n) is 9.49. The molecule has 8 heteroatoms. The third-order valence-corrected chi connectivity index (χ3v) is 4.89. The van der Waals surface area contributed by atoms with Gasteiger partial charge in [0.1, 0.15) is 18.2 Å². The van der Waals surface area contributed by atoms with E-state index in [9.17, 15) is 9.18 Å². The lowest BCUT2D eigenvalue weighted by Gasteiger charge is -2.33. The van der Waals surface area contributed by atoms with Gasteiger partial charge in [-0.3, -0.25) is 4.79 Å². The molecule has 0 fully saturated rings. The molecule has 1 aromatic heterocycles. The summed E-state index contributed by atoms with van der Waals surface area (Å²) in [5.74, 6) is 0.994. The van der Waals surface area contributed by atoms with E-state index in [-0.39, 0.29) is 30.7 Å². The molecule has 0 radical (unpaired) electrons. The first-order valence-corrected chi connectivity index (χ1v) is 9.49. The van der Waals surface area contributed by atoms with Gasteiger partial charge in [0, 0.05) is 18.7 Å². The van der Waals surface area contributed by atoms with Crippen molar-refractivity contribution in [1.29, 1.82) is 0 Å². The van der Waals surface area contributed by atoms with E-state index in [4.69, 9.17) is 10.5 Å². The number of halogens is 1. The lowest BCUT2D eigenvalue weighted by atomic mass is 10.1. The number of hydrogen-bond donors (Lipinski definition) is 1. The molecule has 1 amide bonds. The van der Waals surface area contributed by atoms with Crippen molar-refractivity contribution in [3.63, 3.8) is 0 Å². The second-order valence-electron chi connectivity index (χ2n) is 6.99. The minimum Gasteiger partial charge on any atom is -0.491 e. The van der Waals surface area contributed by atoms with Crippen LogP contribution >= 0.6 is 0 Å². The maximum Gasteiger partial charge on any atom is 0.258 e. The van der Waals surface area contributed by atoms with Crippen molar-refractivity contribution < 1.29 is 13.9 Å². The fraction of sp³-hybridized carbons (Fsp3) is 0.286. The summed E-state index contributed by atoms with van der Waals surface area (Å²) in [4.78, 5) is 14.8. The highest BCUT2D eigenvalue weighted by Crippen LogP contribution is 2.29. The zero-order valence-electron chi connectivity index (χ0n) is 16.1. The Morgan fingerprint density at radius 3 is 2.79 bits per heavy atom. The lowest BCUT2D eigenvalue weighted by molar-refractivity contribution is 0.0677. The van der Waals surface area contributed by atoms with Crippen LogP contribution in [0, 0.1) is 5.82 Å². The monoisotopic (exact) mass is 395 g/mol. The van der Waals surface area contributed by atoms with E-state index >= 15 is 0 Å². The van der Waals surface area contributed by atoms with Gasteiger partial charge < -0.3 is 19.9 Å². The van der Waals surface area contributed by atoms with E-state index in [1.165, 1.54) is 18.2 Å². The van der Waals surface area contributed by atoms with E-state index in [1.54, 1.807) is 4.90 Å². The summed E-state index contributed by atoms with van der Waals surface area (Å²) in [7, 11) is 0. The van der Waals surface area contributed by atoms with Crippen LogP contribution in [0.4, 0.5) is 4.39 Å². The molecule has 1 atom stereocenters. The number of fused-ring (bicyclic) bond motifs is 1. The highest BCUT2D eigenvalue weighted by molar-refractivity contribution is 5.97. The number of ether oxygens (including phenoxy) is 1. The van der Waals surface area contributed by atoms with Gasteiger partial charge in [-0.25, -0.2) is 4.39 Å². The summed E-state index contributed by atoms with van der Waals surface area (Å²) in [5.41, 5.74) is 6.64. The van der Waals surface area contributed by atoms with Crippen molar-refractivity contribution in [2.24, 2.45) is 5.73 Å². The van der Waals surface area contributed by atoms with Crippen LogP contribution in [0.2, 0.25) is 0 Å². The van der Waals surface area contributed by atoms with Gasteiger partial charge in [-0.2, -0.15) is 0 Å². The maximum atomic E-state index is 13.8. The quantitative estimate of drug-likeness (QED) is 0.718. The largest absolute Gasteiger partial charge is 0.491 e. The number of carbonyl (C=O) groups is 1. The zero-order valence-corrected chi connectivity index (χ0v) is 16.1. The maximum absolute atomic E-state index is 13.8. The van der Waals surface area contributed by atoms with Crippen molar-refractivity contribution in [3.8, 4) is 17.1 Å². The van der Waals surface area contributed by atoms with Gasteiger partial charge in [0.15, 0.2) is 11.6 Å². The standard InChI is InChI=1S/C21H22FN5O2/c1-14-12-26(21(28)17-11-16(22)7-8-18(17)29-10-9-23)13-19-24-25-20(27(14)19)15-5-3-2-4-6-15/h2-8,11,14H,9-10,12-13,23H2,1H3/t14-/m0/s1. The molecule has 4 rings (SSSR count). The molecule has 0 saturated heterocycles. The summed E-state index contributed by atoms with van der Waals surface area (Å²) in [6, 6.07) is 13.7. The van der Waals surface area contributed by atoms with Crippen LogP contribution in [-0.2, 0) is 6.54 Å². The molecule has 0 spiro atoms. The molecule has 7 nitrogen and oxygen atoms in total. The summed E-state index contributed by atoms with van der Waals surface area (Å²) in [5, 5.41) is 8.63. The molecule has 1 aliphatic heterocycles. The molecular weight excluding hydrogens is 373 g/mol. The summed E-state index contributed by atoms with van der Waals surface area (Å²) in [6.07, 6.45) is 0. The first-order chi connectivity index (χ1) is 14.1. The zero-order chi connectivity index (χ0) is 20.4. The fourth-order valence-corrected chi connectivity index (χ4v) is 3.60. The average Bonchev–Trinajstić information content (AvgIpc) is 3.17. The summed E-state index contributed by atoms with van der Waals surface area (Å²) >= 11 is 0. The number of carbonyl (C=O) groups excluding carboxylic acids is 1. The van der Waals surface area contributed by atoms with Crippen LogP contribution < -0.4 is 10.5 Å². The predicted molar refractivity (Wildman–Crippen MR) is 106 cm³/mol. The highest BCUT2D eigenvalue weighted by atomic mass is 19.1. The Kier molecular flexibility index (Phi) is 5.26. The molecule has 2 N–H and O–H groups in total. The molecule has 3 aromatic rings. The van der Waals surface area contributed by atoms with E-state index in [1.807, 2.05) is 37.3 Å². The molecule has 29 heavy (non-hydrogen) atoms. The van der Waals surface area contributed by atoms with Gasteiger partial charge >= 0.3 is 0 Å². The first kappa shape index (κ1) is 19.1. The molecule has 2 aromatic carbocycles. The highest BCUT2D eigenvalue weighted by Gasteiger charge is 2.31. The van der Waals surface area contributed by atoms with E-state index < -0.39 is 5.82 Å². The normalized spacial score (nSPS) is 15.8. The molecule has 0 unspecified atom stereocenters. The van der Waals surface area contributed by atoms with Crippen LogP contribution in [0.25, 0.3) is 11.4 Å². The topological polar surface area (TPSA) is 86.3 Å². The van der Waals surface area contributed by atoms with Crippen LogP contribution in [-0.4, -0.2) is 45.3 Å². The lowest BCUT2D eigenvalue weighted by Crippen LogP contribution is -2.40. The number of amides is 1. The fourth-order valence-electron chi connectivity index (χ4n) is 3.60. The predicted octanol–water partition coefficient (Wildman–Crippen LogP) is 2.64. The van der Waals surface area contributed by atoms with Crippen molar-refractivity contribution in [2.45, 2.75) is 19.5 Å². The average molecular weight is 395 g/mol. The van der Waals surface area contributed by atoms with Crippen LogP contribution in [0.5, 0.6) is 5.75 Å². The number of hydrogen-bond acceptors (Lipinski definition) is 5. The Balaban J connectivity index is 1.63. The van der Waals surface area contributed by atoms with Crippen molar-refractivity contribution in [3.05, 3.63) is 65.7 Å². The molecule has 1 aliphatic rings. The minimum atomic E-state index is -0.493. The molecule has 150 valence electrons. The van der Waals surface area contributed by atoms with Gasteiger partial charge in [-0.05, 0) is 25.1 Å². The van der Waals surface area contributed by atoms with Crippen molar-refractivity contribution in [1.82, 2.24) is 19.7 Å². The van der Waals surface area contributed by atoms with Crippen LogP contribution in [0.3, 0.4) is 0 Å². The van der Waals surface area contributed by atoms with Crippen molar-refractivity contribution >= 4 is 5.91 Å². The number of rotatable bonds is 5. The second kappa shape index (κ2) is 8.00. The number of nitrogens with zero attached hydrogens (tertiary/aromatic N) is 4. The van der Waals surface area contributed by atoms with Crippen molar-refractivity contribution in [2.75, 3.05) is 19.7 Å². The minimum absolute atomic E-state index is 0.0325. The summed E-state index contributed by atoms with van der Waals surface area (Å²) < 4.78 is 21.4. The third kappa shape index (κ3) is 3.71. The van der Waals surface area contributed by atoms with Gasteiger partial charge in [0.2, 0.25) is 0 Å². The van der Waals surface area contributed by atoms with Gasteiger partial charge in [0.25, 0.3) is 5.91 Å². The molecule has 0 saturated carbocycles. The number of nitrogens with two attached hydrogens (primary N) is 1. The van der Waals surface area contributed by atoms with E-state index in [0.29, 0.717) is 24.7 Å². The summed E-state index contributed by atoms with van der Waals surface area (Å²) in [6.45, 7) is 3.30. The molecule has 2 heterocycles. The number of aromatic nitrogens is 3. The Labute approximate surface area is 167 Å². The Hall–Kier alpha value is -3.26. The SMILES string of the molecule is C[C@H]1CN(C(=O)c2cc(F)ccc2OCCN)Cc2nnc(-c3ccccc3)n21. The van der Waals surface area contributed by atoms with Gasteiger partial charge in [-0.15, -0.1) is 10.2 Å². The number of benzene rings is 2. The Morgan fingerprint density at radius 2 is 2.03 bits per heavy atom. The smallest absolute Gasteiger partial charge is 0.258 e.